The molecule has 126 valence electrons. The van der Waals surface area contributed by atoms with E-state index in [1.165, 1.54) is 0 Å². The summed E-state index contributed by atoms with van der Waals surface area (Å²) in [6.07, 6.45) is 6.92. The van der Waals surface area contributed by atoms with Gasteiger partial charge in [0, 0.05) is 18.7 Å². The molecule has 0 radical (unpaired) electrons. The highest BCUT2D eigenvalue weighted by Gasteiger charge is 2.42. The van der Waals surface area contributed by atoms with Crippen molar-refractivity contribution in [3.05, 3.63) is 42.7 Å². The minimum atomic E-state index is 0.0292. The summed E-state index contributed by atoms with van der Waals surface area (Å²) in [5.41, 5.74) is 2.25. The summed E-state index contributed by atoms with van der Waals surface area (Å²) in [7, 11) is 0. The Hall–Kier alpha value is -1.98. The van der Waals surface area contributed by atoms with Gasteiger partial charge in [0.2, 0.25) is 0 Å². The van der Waals surface area contributed by atoms with Crippen molar-refractivity contribution in [3.63, 3.8) is 0 Å². The van der Waals surface area contributed by atoms with Gasteiger partial charge >= 0.3 is 0 Å². The molecule has 0 aliphatic carbocycles. The van der Waals surface area contributed by atoms with Gasteiger partial charge in [-0.3, -0.25) is 4.98 Å². The molecule has 0 amide bonds. The van der Waals surface area contributed by atoms with E-state index in [4.69, 9.17) is 4.74 Å². The Kier molecular flexibility index (Phi) is 4.21. The summed E-state index contributed by atoms with van der Waals surface area (Å²) < 4.78 is 5.70. The lowest BCUT2D eigenvalue weighted by atomic mass is 9.77. The molecular weight excluding hydrogens is 302 g/mol. The summed E-state index contributed by atoms with van der Waals surface area (Å²) in [5.74, 6) is 0.946. The minimum Gasteiger partial charge on any atom is -0.394 e. The second-order valence-electron chi connectivity index (χ2n) is 6.93. The van der Waals surface area contributed by atoms with Crippen LogP contribution in [0.5, 0.6) is 0 Å². The van der Waals surface area contributed by atoms with Gasteiger partial charge in [0.1, 0.15) is 5.82 Å². The third kappa shape index (κ3) is 3.01. The summed E-state index contributed by atoms with van der Waals surface area (Å²) >= 11 is 0. The smallest absolute Gasteiger partial charge is 0.147 e. The molecule has 1 spiro atoms. The maximum Gasteiger partial charge on any atom is 0.147 e. The number of piperidine rings is 1. The van der Waals surface area contributed by atoms with Crippen LogP contribution in [-0.4, -0.2) is 47.5 Å². The van der Waals surface area contributed by atoms with Crippen molar-refractivity contribution >= 4 is 5.82 Å². The van der Waals surface area contributed by atoms with Gasteiger partial charge in [-0.25, -0.2) is 4.98 Å². The Labute approximate surface area is 142 Å². The predicted molar refractivity (Wildman–Crippen MR) is 92.8 cm³/mol. The zero-order valence-corrected chi connectivity index (χ0v) is 13.8. The third-order valence-electron chi connectivity index (χ3n) is 5.35. The average molecular weight is 325 g/mol. The summed E-state index contributed by atoms with van der Waals surface area (Å²) in [4.78, 5) is 11.5. The first-order valence-electron chi connectivity index (χ1n) is 8.63. The molecule has 1 aromatic heterocycles. The van der Waals surface area contributed by atoms with E-state index in [2.05, 4.69) is 14.9 Å². The first-order chi connectivity index (χ1) is 11.8. The van der Waals surface area contributed by atoms with E-state index < -0.39 is 0 Å². The van der Waals surface area contributed by atoms with Crippen LogP contribution in [0.25, 0.3) is 11.3 Å². The standard InChI is InChI=1S/C19H23N3O2/c23-13-16-10-19(14-24-16)6-8-22(9-7-19)18-12-20-17(11-21-18)15-4-2-1-3-5-15/h1-5,11-12,16,23H,6-10,13-14H2. The van der Waals surface area contributed by atoms with Crippen molar-refractivity contribution in [2.45, 2.75) is 25.4 Å². The van der Waals surface area contributed by atoms with E-state index >= 15 is 0 Å². The van der Waals surface area contributed by atoms with Crippen molar-refractivity contribution < 1.29 is 9.84 Å². The number of aromatic nitrogens is 2. The second kappa shape index (κ2) is 6.49. The van der Waals surface area contributed by atoms with Crippen LogP contribution in [0.1, 0.15) is 19.3 Å². The third-order valence-corrected chi connectivity index (χ3v) is 5.35. The molecule has 3 heterocycles. The van der Waals surface area contributed by atoms with Gasteiger partial charge in [-0.05, 0) is 24.7 Å². The number of rotatable bonds is 3. The fourth-order valence-electron chi connectivity index (χ4n) is 3.81. The molecule has 1 atom stereocenters. The fourth-order valence-corrected chi connectivity index (χ4v) is 3.81. The number of aliphatic hydroxyl groups is 1. The zero-order chi connectivity index (χ0) is 16.4. The lowest BCUT2D eigenvalue weighted by Gasteiger charge is -2.38. The highest BCUT2D eigenvalue weighted by molar-refractivity contribution is 5.58. The lowest BCUT2D eigenvalue weighted by molar-refractivity contribution is 0.0506. The fraction of sp³-hybridized carbons (Fsp3) is 0.474. The Bertz CT molecular complexity index is 667. The molecule has 5 heteroatoms. The SMILES string of the molecule is OCC1CC2(CCN(c3cnc(-c4ccccc4)cn3)CC2)CO1. The minimum absolute atomic E-state index is 0.0292. The first kappa shape index (κ1) is 15.5. The van der Waals surface area contributed by atoms with Gasteiger partial charge in [0.05, 0.1) is 37.4 Å². The van der Waals surface area contributed by atoms with Crippen LogP contribution in [-0.2, 0) is 4.74 Å². The molecule has 1 aromatic carbocycles. The van der Waals surface area contributed by atoms with E-state index in [0.717, 1.165) is 56.0 Å². The quantitative estimate of drug-likeness (QED) is 0.940. The number of hydrogen-bond donors (Lipinski definition) is 1. The van der Waals surface area contributed by atoms with Crippen molar-refractivity contribution in [3.8, 4) is 11.3 Å². The Morgan fingerprint density at radius 2 is 1.92 bits per heavy atom. The number of benzene rings is 1. The van der Waals surface area contributed by atoms with Gasteiger partial charge in [-0.15, -0.1) is 0 Å². The van der Waals surface area contributed by atoms with E-state index in [-0.39, 0.29) is 18.1 Å². The highest BCUT2D eigenvalue weighted by atomic mass is 16.5. The molecule has 2 saturated heterocycles. The zero-order valence-electron chi connectivity index (χ0n) is 13.8. The van der Waals surface area contributed by atoms with E-state index in [9.17, 15) is 5.11 Å². The van der Waals surface area contributed by atoms with Crippen LogP contribution in [0.4, 0.5) is 5.82 Å². The molecule has 0 saturated carbocycles. The van der Waals surface area contributed by atoms with Crippen molar-refractivity contribution in [2.24, 2.45) is 5.41 Å². The van der Waals surface area contributed by atoms with Crippen LogP contribution in [0.15, 0.2) is 42.7 Å². The number of anilines is 1. The largest absolute Gasteiger partial charge is 0.394 e. The first-order valence-corrected chi connectivity index (χ1v) is 8.63. The number of ether oxygens (including phenoxy) is 1. The monoisotopic (exact) mass is 325 g/mol. The molecule has 1 N–H and O–H groups in total. The molecule has 2 aliphatic heterocycles. The maximum absolute atomic E-state index is 9.28. The molecule has 1 unspecified atom stereocenters. The molecule has 0 bridgehead atoms. The second-order valence-corrected chi connectivity index (χ2v) is 6.93. The van der Waals surface area contributed by atoms with Crippen molar-refractivity contribution in [1.29, 1.82) is 0 Å². The van der Waals surface area contributed by atoms with Crippen LogP contribution in [0.2, 0.25) is 0 Å². The van der Waals surface area contributed by atoms with Gasteiger partial charge in [-0.2, -0.15) is 0 Å². The molecule has 24 heavy (non-hydrogen) atoms. The molecule has 2 fully saturated rings. The molecule has 2 aromatic rings. The van der Waals surface area contributed by atoms with E-state index in [1.54, 1.807) is 0 Å². The van der Waals surface area contributed by atoms with Gasteiger partial charge in [0.15, 0.2) is 0 Å². The van der Waals surface area contributed by atoms with Crippen LogP contribution >= 0.6 is 0 Å². The molecule has 2 aliphatic rings. The van der Waals surface area contributed by atoms with Crippen LogP contribution < -0.4 is 4.90 Å². The Morgan fingerprint density at radius 3 is 2.54 bits per heavy atom. The van der Waals surface area contributed by atoms with Crippen molar-refractivity contribution in [1.82, 2.24) is 9.97 Å². The predicted octanol–water partition coefficient (Wildman–Crippen LogP) is 2.51. The average Bonchev–Trinajstić information content (AvgIpc) is 3.06. The normalized spacial score (nSPS) is 22.9. The van der Waals surface area contributed by atoms with Gasteiger partial charge < -0.3 is 14.7 Å². The summed E-state index contributed by atoms with van der Waals surface area (Å²) in [6, 6.07) is 10.1. The Morgan fingerprint density at radius 1 is 1.12 bits per heavy atom. The summed E-state index contributed by atoms with van der Waals surface area (Å²) in [5, 5.41) is 9.28. The number of aliphatic hydroxyl groups excluding tert-OH is 1. The lowest BCUT2D eigenvalue weighted by Crippen LogP contribution is -2.41. The van der Waals surface area contributed by atoms with Gasteiger partial charge in [-0.1, -0.05) is 30.3 Å². The highest BCUT2D eigenvalue weighted by Crippen LogP contribution is 2.42. The van der Waals surface area contributed by atoms with E-state index in [0.29, 0.717) is 0 Å². The Balaban J connectivity index is 1.41. The van der Waals surface area contributed by atoms with Crippen LogP contribution in [0.3, 0.4) is 0 Å². The molecule has 4 rings (SSSR count). The van der Waals surface area contributed by atoms with E-state index in [1.807, 2.05) is 42.7 Å². The number of hydrogen-bond acceptors (Lipinski definition) is 5. The topological polar surface area (TPSA) is 58.5 Å². The maximum atomic E-state index is 9.28. The van der Waals surface area contributed by atoms with Crippen molar-refractivity contribution in [2.75, 3.05) is 31.2 Å². The number of nitrogens with zero attached hydrogens (tertiary/aromatic N) is 3. The molecule has 5 nitrogen and oxygen atoms in total. The summed E-state index contributed by atoms with van der Waals surface area (Å²) in [6.45, 7) is 2.87. The van der Waals surface area contributed by atoms with Gasteiger partial charge in [0.25, 0.3) is 0 Å². The van der Waals surface area contributed by atoms with Crippen LogP contribution in [0, 0.1) is 5.41 Å². The molecular formula is C19H23N3O2.